The Balaban J connectivity index is 1.91. The van der Waals surface area contributed by atoms with Crippen LogP contribution in [-0.4, -0.2) is 16.0 Å². The normalized spacial score (nSPS) is 12.1. The van der Waals surface area contributed by atoms with Crippen LogP contribution < -0.4 is 5.32 Å². The van der Waals surface area contributed by atoms with E-state index in [4.69, 9.17) is 5.11 Å². The zero-order chi connectivity index (χ0) is 13.7. The maximum absolute atomic E-state index is 11.9. The molecule has 19 heavy (non-hydrogen) atoms. The predicted molar refractivity (Wildman–Crippen MR) is 74.7 cm³/mol. The third-order valence-electron chi connectivity index (χ3n) is 2.75. The molecule has 1 aromatic heterocycles. The van der Waals surface area contributed by atoms with Crippen molar-refractivity contribution >= 4 is 17.2 Å². The van der Waals surface area contributed by atoms with Crippen LogP contribution in [-0.2, 0) is 17.8 Å². The molecule has 0 fully saturated rings. The van der Waals surface area contributed by atoms with E-state index < -0.39 is 0 Å². The van der Waals surface area contributed by atoms with Crippen molar-refractivity contribution in [3.05, 3.63) is 52.0 Å². The second kappa shape index (κ2) is 6.45. The molecule has 1 aromatic carbocycles. The molecule has 1 amide bonds. The Morgan fingerprint density at radius 2 is 2.16 bits per heavy atom. The molecule has 2 aromatic rings. The highest BCUT2D eigenvalue weighted by Crippen LogP contribution is 2.13. The van der Waals surface area contributed by atoms with Gasteiger partial charge in [0.2, 0.25) is 5.91 Å². The largest absolute Gasteiger partial charge is 0.390 e. The van der Waals surface area contributed by atoms with Gasteiger partial charge in [0.05, 0.1) is 24.8 Å². The average Bonchev–Trinajstić information content (AvgIpc) is 2.87. The quantitative estimate of drug-likeness (QED) is 0.878. The molecule has 0 saturated carbocycles. The summed E-state index contributed by atoms with van der Waals surface area (Å²) in [5.74, 6) is -0.0600. The Kier molecular flexibility index (Phi) is 4.65. The van der Waals surface area contributed by atoms with E-state index in [1.165, 1.54) is 11.3 Å². The Morgan fingerprint density at radius 3 is 2.79 bits per heavy atom. The third-order valence-corrected chi connectivity index (χ3v) is 3.65. The lowest BCUT2D eigenvalue weighted by molar-refractivity contribution is -0.121. The summed E-state index contributed by atoms with van der Waals surface area (Å²) in [5.41, 5.74) is 1.69. The molecule has 1 unspecified atom stereocenters. The summed E-state index contributed by atoms with van der Waals surface area (Å²) in [6, 6.07) is 9.80. The van der Waals surface area contributed by atoms with Crippen molar-refractivity contribution in [2.45, 2.75) is 26.0 Å². The van der Waals surface area contributed by atoms with E-state index in [9.17, 15) is 4.79 Å². The summed E-state index contributed by atoms with van der Waals surface area (Å²) in [6.07, 6.45) is 0.252. The van der Waals surface area contributed by atoms with Crippen LogP contribution in [0.3, 0.4) is 0 Å². The third kappa shape index (κ3) is 3.87. The second-order valence-electron chi connectivity index (χ2n) is 4.27. The van der Waals surface area contributed by atoms with Crippen LogP contribution in [0.5, 0.6) is 0 Å². The number of aliphatic hydroxyl groups excluding tert-OH is 1. The van der Waals surface area contributed by atoms with E-state index in [1.54, 1.807) is 5.38 Å². The number of aromatic nitrogens is 1. The summed E-state index contributed by atoms with van der Waals surface area (Å²) in [4.78, 5) is 16.0. The minimum Gasteiger partial charge on any atom is -0.390 e. The van der Waals surface area contributed by atoms with Gasteiger partial charge in [0.15, 0.2) is 0 Å². The highest BCUT2D eigenvalue weighted by Gasteiger charge is 2.11. The van der Waals surface area contributed by atoms with Crippen LogP contribution in [0.1, 0.15) is 29.2 Å². The van der Waals surface area contributed by atoms with Gasteiger partial charge >= 0.3 is 0 Å². The number of benzene rings is 1. The zero-order valence-electron chi connectivity index (χ0n) is 10.7. The molecular weight excluding hydrogens is 260 g/mol. The Morgan fingerprint density at radius 1 is 1.42 bits per heavy atom. The van der Waals surface area contributed by atoms with E-state index in [1.807, 2.05) is 37.3 Å². The van der Waals surface area contributed by atoms with Gasteiger partial charge in [-0.1, -0.05) is 30.3 Å². The van der Waals surface area contributed by atoms with Crippen LogP contribution in [0.2, 0.25) is 0 Å². The molecule has 2 rings (SSSR count). The molecule has 2 N–H and O–H groups in total. The summed E-state index contributed by atoms with van der Waals surface area (Å²) in [6.45, 7) is 1.87. The minimum absolute atomic E-state index is 0.0222. The van der Waals surface area contributed by atoms with Crippen LogP contribution in [0.15, 0.2) is 35.7 Å². The predicted octanol–water partition coefficient (Wildman–Crippen LogP) is 2.06. The number of nitrogens with zero attached hydrogens (tertiary/aromatic N) is 1. The van der Waals surface area contributed by atoms with Crippen molar-refractivity contribution in [1.82, 2.24) is 10.3 Å². The van der Waals surface area contributed by atoms with Gasteiger partial charge < -0.3 is 10.4 Å². The number of rotatable bonds is 5. The van der Waals surface area contributed by atoms with Crippen LogP contribution >= 0.6 is 11.3 Å². The van der Waals surface area contributed by atoms with Crippen molar-refractivity contribution in [1.29, 1.82) is 0 Å². The summed E-state index contributed by atoms with van der Waals surface area (Å²) < 4.78 is 0. The first-order chi connectivity index (χ1) is 9.19. The summed E-state index contributed by atoms with van der Waals surface area (Å²) >= 11 is 1.39. The molecule has 0 aliphatic heterocycles. The van der Waals surface area contributed by atoms with Gasteiger partial charge in [-0.05, 0) is 12.5 Å². The Labute approximate surface area is 116 Å². The number of amides is 1. The molecule has 1 heterocycles. The average molecular weight is 276 g/mol. The smallest absolute Gasteiger partial charge is 0.227 e. The maximum Gasteiger partial charge on any atom is 0.227 e. The monoisotopic (exact) mass is 276 g/mol. The van der Waals surface area contributed by atoms with E-state index in [0.717, 1.165) is 10.6 Å². The summed E-state index contributed by atoms with van der Waals surface area (Å²) in [5, 5.41) is 14.4. The van der Waals surface area contributed by atoms with Gasteiger partial charge in [-0.3, -0.25) is 4.79 Å². The first-order valence-electron chi connectivity index (χ1n) is 6.07. The first kappa shape index (κ1) is 13.7. The first-order valence-corrected chi connectivity index (χ1v) is 6.95. The minimum atomic E-state index is -0.0848. The molecular formula is C14H16N2O2S. The molecule has 100 valence electrons. The van der Waals surface area contributed by atoms with E-state index >= 15 is 0 Å². The lowest BCUT2D eigenvalue weighted by Crippen LogP contribution is -2.28. The molecule has 0 bridgehead atoms. The van der Waals surface area contributed by atoms with Gasteiger partial charge in [0, 0.05) is 5.38 Å². The number of hydrogen-bond acceptors (Lipinski definition) is 4. The second-order valence-corrected chi connectivity index (χ2v) is 5.21. The SMILES string of the molecule is CC(NC(=O)Cc1nc(CO)cs1)c1ccccc1. The van der Waals surface area contributed by atoms with Crippen molar-refractivity contribution in [3.63, 3.8) is 0 Å². The van der Waals surface area contributed by atoms with Crippen LogP contribution in [0.25, 0.3) is 0 Å². The lowest BCUT2D eigenvalue weighted by Gasteiger charge is -2.13. The van der Waals surface area contributed by atoms with Gasteiger partial charge in [-0.25, -0.2) is 4.98 Å². The summed E-state index contributed by atoms with van der Waals surface area (Å²) in [7, 11) is 0. The Hall–Kier alpha value is -1.72. The molecule has 1 atom stereocenters. The Bertz CT molecular complexity index is 539. The molecule has 0 saturated heterocycles. The number of carbonyl (C=O) groups is 1. The molecule has 0 radical (unpaired) electrons. The van der Waals surface area contributed by atoms with Crippen molar-refractivity contribution in [2.24, 2.45) is 0 Å². The molecule has 4 nitrogen and oxygen atoms in total. The fourth-order valence-corrected chi connectivity index (χ4v) is 2.54. The highest BCUT2D eigenvalue weighted by molar-refractivity contribution is 7.09. The molecule has 0 aliphatic carbocycles. The number of thiazole rings is 1. The van der Waals surface area contributed by atoms with E-state index in [-0.39, 0.29) is 25.0 Å². The van der Waals surface area contributed by atoms with E-state index in [2.05, 4.69) is 10.3 Å². The topological polar surface area (TPSA) is 62.2 Å². The van der Waals surface area contributed by atoms with Gasteiger partial charge in [-0.2, -0.15) is 0 Å². The van der Waals surface area contributed by atoms with Crippen molar-refractivity contribution < 1.29 is 9.90 Å². The fourth-order valence-electron chi connectivity index (χ4n) is 1.76. The number of carbonyl (C=O) groups excluding carboxylic acids is 1. The van der Waals surface area contributed by atoms with Crippen molar-refractivity contribution in [3.8, 4) is 0 Å². The zero-order valence-corrected chi connectivity index (χ0v) is 11.5. The van der Waals surface area contributed by atoms with Gasteiger partial charge in [0.1, 0.15) is 5.01 Å². The van der Waals surface area contributed by atoms with Crippen molar-refractivity contribution in [2.75, 3.05) is 0 Å². The molecule has 0 aliphatic rings. The maximum atomic E-state index is 11.9. The molecule has 5 heteroatoms. The molecule has 0 spiro atoms. The van der Waals surface area contributed by atoms with E-state index in [0.29, 0.717) is 5.69 Å². The number of hydrogen-bond donors (Lipinski definition) is 2. The standard InChI is InChI=1S/C14H16N2O2S/c1-10(11-5-3-2-4-6-11)15-13(18)7-14-16-12(8-17)9-19-14/h2-6,9-10,17H,7-8H2,1H3,(H,15,18). The number of aliphatic hydroxyl groups is 1. The van der Waals surface area contributed by atoms with Gasteiger partial charge in [-0.15, -0.1) is 11.3 Å². The highest BCUT2D eigenvalue weighted by atomic mass is 32.1. The lowest BCUT2D eigenvalue weighted by atomic mass is 10.1. The number of nitrogens with one attached hydrogen (secondary N) is 1. The fraction of sp³-hybridized carbons (Fsp3) is 0.286. The van der Waals surface area contributed by atoms with Gasteiger partial charge in [0.25, 0.3) is 0 Å². The van der Waals surface area contributed by atoms with Crippen LogP contribution in [0.4, 0.5) is 0 Å². The van der Waals surface area contributed by atoms with Crippen LogP contribution in [0, 0.1) is 0 Å².